The van der Waals surface area contributed by atoms with Crippen LogP contribution >= 0.6 is 0 Å². The first kappa shape index (κ1) is 21.6. The lowest BCUT2D eigenvalue weighted by Gasteiger charge is -2.41. The Balaban J connectivity index is 1.29. The highest BCUT2D eigenvalue weighted by molar-refractivity contribution is 5.94. The van der Waals surface area contributed by atoms with Gasteiger partial charge in [-0.1, -0.05) is 25.3 Å². The van der Waals surface area contributed by atoms with E-state index in [-0.39, 0.29) is 12.0 Å². The summed E-state index contributed by atoms with van der Waals surface area (Å²) >= 11 is 0. The van der Waals surface area contributed by atoms with E-state index in [1.54, 1.807) is 0 Å². The van der Waals surface area contributed by atoms with Gasteiger partial charge in [-0.05, 0) is 76.9 Å². The molecular weight excluding hydrogens is 374 g/mol. The summed E-state index contributed by atoms with van der Waals surface area (Å²) in [5.74, 6) is 0.972. The molecule has 1 aromatic rings. The quantitative estimate of drug-likeness (QED) is 0.730. The highest BCUT2D eigenvalue weighted by Gasteiger charge is 2.28. The molecule has 3 aliphatic rings. The van der Waals surface area contributed by atoms with E-state index in [9.17, 15) is 4.79 Å². The zero-order valence-corrected chi connectivity index (χ0v) is 18.9. The van der Waals surface area contributed by atoms with Gasteiger partial charge in [0, 0.05) is 37.8 Å². The van der Waals surface area contributed by atoms with Crippen molar-refractivity contribution in [2.75, 3.05) is 40.3 Å². The fraction of sp³-hybridized carbons (Fsp3) is 0.720. The molecule has 0 atom stereocenters. The molecule has 5 heteroatoms. The van der Waals surface area contributed by atoms with Crippen LogP contribution in [0.1, 0.15) is 68.1 Å². The second-order valence-corrected chi connectivity index (χ2v) is 9.62. The Hall–Kier alpha value is -1.59. The van der Waals surface area contributed by atoms with Gasteiger partial charge in [-0.25, -0.2) is 0 Å². The van der Waals surface area contributed by atoms with E-state index in [1.807, 2.05) is 36.2 Å². The number of carbonyl (C=O) groups excluding carboxylic acids is 1. The molecule has 1 amide bonds. The van der Waals surface area contributed by atoms with E-state index >= 15 is 0 Å². The van der Waals surface area contributed by atoms with Gasteiger partial charge in [0.15, 0.2) is 0 Å². The summed E-state index contributed by atoms with van der Waals surface area (Å²) in [5.41, 5.74) is 0.754. The van der Waals surface area contributed by atoms with E-state index in [1.165, 1.54) is 45.2 Å². The largest absolute Gasteiger partial charge is 0.490 e. The predicted molar refractivity (Wildman–Crippen MR) is 121 cm³/mol. The average Bonchev–Trinajstić information content (AvgIpc) is 2.80. The summed E-state index contributed by atoms with van der Waals surface area (Å²) in [6.45, 7) is 4.69. The van der Waals surface area contributed by atoms with Crippen molar-refractivity contribution in [3.05, 3.63) is 29.8 Å². The van der Waals surface area contributed by atoms with Gasteiger partial charge in [0.25, 0.3) is 5.91 Å². The maximum absolute atomic E-state index is 13.0. The highest BCUT2D eigenvalue weighted by atomic mass is 16.5. The molecule has 2 aliphatic heterocycles. The molecule has 30 heavy (non-hydrogen) atoms. The molecule has 0 spiro atoms. The number of benzene rings is 1. The highest BCUT2D eigenvalue weighted by Crippen LogP contribution is 2.26. The third kappa shape index (κ3) is 5.36. The van der Waals surface area contributed by atoms with E-state index in [0.29, 0.717) is 6.04 Å². The van der Waals surface area contributed by atoms with Gasteiger partial charge >= 0.3 is 0 Å². The number of amides is 1. The number of piperidine rings is 2. The third-order valence-corrected chi connectivity index (χ3v) is 7.51. The van der Waals surface area contributed by atoms with Crippen LogP contribution < -0.4 is 4.74 Å². The summed E-state index contributed by atoms with van der Waals surface area (Å²) in [6.07, 6.45) is 11.0. The molecule has 0 aromatic heterocycles. The van der Waals surface area contributed by atoms with Gasteiger partial charge < -0.3 is 19.4 Å². The summed E-state index contributed by atoms with van der Waals surface area (Å²) in [4.78, 5) is 20.1. The lowest BCUT2D eigenvalue weighted by Crippen LogP contribution is -2.48. The van der Waals surface area contributed by atoms with Gasteiger partial charge in [-0.3, -0.25) is 4.79 Å². The van der Waals surface area contributed by atoms with Crippen LogP contribution in [0.2, 0.25) is 0 Å². The minimum atomic E-state index is 0.129. The average molecular weight is 414 g/mol. The van der Waals surface area contributed by atoms with Gasteiger partial charge in [0.05, 0.1) is 0 Å². The number of nitrogens with zero attached hydrogens (tertiary/aromatic N) is 3. The first-order chi connectivity index (χ1) is 14.6. The number of likely N-dealkylation sites (tertiary alicyclic amines) is 2. The van der Waals surface area contributed by atoms with Crippen LogP contribution in [0, 0.1) is 0 Å². The van der Waals surface area contributed by atoms with Crippen LogP contribution in [0.15, 0.2) is 24.3 Å². The van der Waals surface area contributed by atoms with Gasteiger partial charge in [0.1, 0.15) is 11.9 Å². The lowest BCUT2D eigenvalue weighted by molar-refractivity contribution is 0.0524. The number of ether oxygens (including phenoxy) is 1. The Kier molecular flexibility index (Phi) is 7.32. The van der Waals surface area contributed by atoms with Crippen molar-refractivity contribution in [3.8, 4) is 5.75 Å². The molecule has 1 saturated carbocycles. The third-order valence-electron chi connectivity index (χ3n) is 7.51. The number of hydrogen-bond donors (Lipinski definition) is 0. The molecule has 166 valence electrons. The number of hydrogen-bond acceptors (Lipinski definition) is 4. The van der Waals surface area contributed by atoms with Crippen LogP contribution in [0.5, 0.6) is 5.75 Å². The fourth-order valence-corrected chi connectivity index (χ4v) is 5.45. The fourth-order valence-electron chi connectivity index (χ4n) is 5.45. The minimum absolute atomic E-state index is 0.129. The first-order valence-electron chi connectivity index (χ1n) is 12.1. The molecule has 0 unspecified atom stereocenters. The van der Waals surface area contributed by atoms with Crippen LogP contribution in [-0.2, 0) is 0 Å². The Bertz CT molecular complexity index is 687. The topological polar surface area (TPSA) is 36.0 Å². The maximum Gasteiger partial charge on any atom is 0.253 e. The van der Waals surface area contributed by atoms with Crippen LogP contribution in [0.25, 0.3) is 0 Å². The van der Waals surface area contributed by atoms with E-state index in [4.69, 9.17) is 4.74 Å². The molecule has 4 rings (SSSR count). The van der Waals surface area contributed by atoms with Crippen molar-refractivity contribution in [1.29, 1.82) is 0 Å². The van der Waals surface area contributed by atoms with E-state index in [2.05, 4.69) is 16.8 Å². The maximum atomic E-state index is 13.0. The van der Waals surface area contributed by atoms with Crippen molar-refractivity contribution >= 4 is 5.91 Å². The van der Waals surface area contributed by atoms with Crippen LogP contribution in [0.3, 0.4) is 0 Å². The smallest absolute Gasteiger partial charge is 0.253 e. The second kappa shape index (κ2) is 10.1. The predicted octanol–water partition coefficient (Wildman–Crippen LogP) is 4.03. The summed E-state index contributed by atoms with van der Waals surface area (Å²) in [5, 5.41) is 0. The SMILES string of the molecule is CN1CCC(N2CCC(Oc3cccc(C(=O)N(C)C4CCCCC4)c3)CC2)CC1. The summed E-state index contributed by atoms with van der Waals surface area (Å²) in [7, 11) is 4.19. The van der Waals surface area contributed by atoms with E-state index < -0.39 is 0 Å². The zero-order chi connectivity index (χ0) is 20.9. The first-order valence-corrected chi connectivity index (χ1v) is 12.1. The molecule has 3 fully saturated rings. The molecule has 1 aromatic carbocycles. The minimum Gasteiger partial charge on any atom is -0.490 e. The number of carbonyl (C=O) groups is 1. The lowest BCUT2D eigenvalue weighted by atomic mass is 9.94. The molecule has 0 N–H and O–H groups in total. The van der Waals surface area contributed by atoms with Gasteiger partial charge in [-0.15, -0.1) is 0 Å². The Morgan fingerprint density at radius 3 is 2.37 bits per heavy atom. The van der Waals surface area contributed by atoms with Crippen LogP contribution in [-0.4, -0.2) is 79.1 Å². The van der Waals surface area contributed by atoms with Crippen molar-refractivity contribution < 1.29 is 9.53 Å². The molecule has 2 saturated heterocycles. The molecule has 2 heterocycles. The van der Waals surface area contributed by atoms with Crippen LogP contribution in [0.4, 0.5) is 0 Å². The second-order valence-electron chi connectivity index (χ2n) is 9.62. The standard InChI is InChI=1S/C25H39N3O2/c1-26-15-11-22(12-16-26)28-17-13-23(14-18-28)30-24-10-6-7-20(19-24)25(29)27(2)21-8-4-3-5-9-21/h6-7,10,19,21-23H,3-5,8-9,11-18H2,1-2H3. The molecule has 5 nitrogen and oxygen atoms in total. The molecule has 0 bridgehead atoms. The van der Waals surface area contributed by atoms with Crippen molar-refractivity contribution in [2.45, 2.75) is 76.0 Å². The van der Waals surface area contributed by atoms with Crippen molar-refractivity contribution in [3.63, 3.8) is 0 Å². The monoisotopic (exact) mass is 413 g/mol. The van der Waals surface area contributed by atoms with Gasteiger partial charge in [-0.2, -0.15) is 0 Å². The van der Waals surface area contributed by atoms with Gasteiger partial charge in [0.2, 0.25) is 0 Å². The molecule has 0 radical (unpaired) electrons. The normalized spacial score (nSPS) is 23.4. The Morgan fingerprint density at radius 2 is 1.67 bits per heavy atom. The van der Waals surface area contributed by atoms with Crippen molar-refractivity contribution in [1.82, 2.24) is 14.7 Å². The molecule has 1 aliphatic carbocycles. The van der Waals surface area contributed by atoms with Crippen molar-refractivity contribution in [2.24, 2.45) is 0 Å². The summed E-state index contributed by atoms with van der Waals surface area (Å²) < 4.78 is 6.32. The molecular formula is C25H39N3O2. The van der Waals surface area contributed by atoms with E-state index in [0.717, 1.165) is 56.1 Å². The summed E-state index contributed by atoms with van der Waals surface area (Å²) in [6, 6.07) is 8.98. The Morgan fingerprint density at radius 1 is 0.967 bits per heavy atom. The number of rotatable bonds is 5. The zero-order valence-electron chi connectivity index (χ0n) is 18.9. The Labute approximate surface area is 182 Å².